The van der Waals surface area contributed by atoms with Crippen LogP contribution in [0.5, 0.6) is 0 Å². The number of hydrogen-bond acceptors (Lipinski definition) is 4. The SMILES string of the molecule is CC(O)(CNC(=O)c1coc(Br)c1)C(=O)O. The van der Waals surface area contributed by atoms with Gasteiger partial charge in [0.2, 0.25) is 0 Å². The molecule has 7 heteroatoms. The maximum atomic E-state index is 11.4. The number of halogens is 1. The topological polar surface area (TPSA) is 99.8 Å². The standard InChI is InChI=1S/C9H10BrNO5/c1-9(15,8(13)14)4-11-7(12)5-2-6(10)16-3-5/h2-3,15H,4H2,1H3,(H,11,12)(H,13,14). The molecule has 0 radical (unpaired) electrons. The molecular weight excluding hydrogens is 282 g/mol. The lowest BCUT2D eigenvalue weighted by molar-refractivity contribution is -0.155. The number of furan rings is 1. The average Bonchev–Trinajstić information content (AvgIpc) is 2.61. The van der Waals surface area contributed by atoms with Crippen LogP contribution in [-0.2, 0) is 4.79 Å². The number of nitrogens with one attached hydrogen (secondary N) is 1. The van der Waals surface area contributed by atoms with E-state index in [1.165, 1.54) is 12.3 Å². The lowest BCUT2D eigenvalue weighted by Crippen LogP contribution is -2.46. The number of carboxylic acids is 1. The van der Waals surface area contributed by atoms with Crippen molar-refractivity contribution in [2.75, 3.05) is 6.54 Å². The van der Waals surface area contributed by atoms with Gasteiger partial charge < -0.3 is 19.9 Å². The van der Waals surface area contributed by atoms with Crippen molar-refractivity contribution in [3.63, 3.8) is 0 Å². The molecule has 1 rings (SSSR count). The van der Waals surface area contributed by atoms with Crippen LogP contribution in [0.1, 0.15) is 17.3 Å². The van der Waals surface area contributed by atoms with Crippen molar-refractivity contribution < 1.29 is 24.2 Å². The first-order chi connectivity index (χ1) is 7.33. The van der Waals surface area contributed by atoms with Gasteiger partial charge >= 0.3 is 5.97 Å². The van der Waals surface area contributed by atoms with Crippen LogP contribution in [-0.4, -0.2) is 34.2 Å². The fourth-order valence-corrected chi connectivity index (χ4v) is 1.20. The van der Waals surface area contributed by atoms with Crippen molar-refractivity contribution in [2.24, 2.45) is 0 Å². The largest absolute Gasteiger partial charge is 0.479 e. The minimum Gasteiger partial charge on any atom is -0.479 e. The van der Waals surface area contributed by atoms with Gasteiger partial charge in [-0.15, -0.1) is 0 Å². The molecule has 0 aliphatic rings. The summed E-state index contributed by atoms with van der Waals surface area (Å²) in [5, 5.41) is 20.2. The first-order valence-corrected chi connectivity index (χ1v) is 5.10. The summed E-state index contributed by atoms with van der Waals surface area (Å²) >= 11 is 3.02. The smallest absolute Gasteiger partial charge is 0.337 e. The molecule has 1 unspecified atom stereocenters. The van der Waals surface area contributed by atoms with Crippen molar-refractivity contribution in [3.05, 3.63) is 22.6 Å². The van der Waals surface area contributed by atoms with E-state index in [1.807, 2.05) is 0 Å². The predicted octanol–water partition coefficient (Wildman–Crippen LogP) is 0.608. The summed E-state index contributed by atoms with van der Waals surface area (Å²) in [6.45, 7) is 0.713. The molecule has 1 aromatic heterocycles. The lowest BCUT2D eigenvalue weighted by atomic mass is 10.1. The molecule has 0 spiro atoms. The Hall–Kier alpha value is -1.34. The Kier molecular flexibility index (Phi) is 3.71. The number of carbonyl (C=O) groups is 2. The summed E-state index contributed by atoms with van der Waals surface area (Å²) in [4.78, 5) is 22.0. The van der Waals surface area contributed by atoms with E-state index in [4.69, 9.17) is 9.52 Å². The molecule has 6 nitrogen and oxygen atoms in total. The Morgan fingerprint density at radius 2 is 2.25 bits per heavy atom. The Bertz CT molecular complexity index is 412. The van der Waals surface area contributed by atoms with Crippen molar-refractivity contribution in [3.8, 4) is 0 Å². The van der Waals surface area contributed by atoms with Gasteiger partial charge in [0, 0.05) is 6.07 Å². The minimum atomic E-state index is -1.99. The molecular formula is C9H10BrNO5. The normalized spacial score (nSPS) is 14.2. The Morgan fingerprint density at radius 3 is 2.69 bits per heavy atom. The van der Waals surface area contributed by atoms with E-state index in [0.717, 1.165) is 6.92 Å². The third kappa shape index (κ3) is 3.07. The average molecular weight is 292 g/mol. The van der Waals surface area contributed by atoms with Gasteiger partial charge in [0.15, 0.2) is 10.3 Å². The highest BCUT2D eigenvalue weighted by Crippen LogP contribution is 2.13. The van der Waals surface area contributed by atoms with Crippen LogP contribution in [0.3, 0.4) is 0 Å². The quantitative estimate of drug-likeness (QED) is 0.755. The second kappa shape index (κ2) is 4.67. The first-order valence-electron chi connectivity index (χ1n) is 4.31. The van der Waals surface area contributed by atoms with Crippen molar-refractivity contribution in [2.45, 2.75) is 12.5 Å². The highest BCUT2D eigenvalue weighted by Gasteiger charge is 2.30. The molecule has 16 heavy (non-hydrogen) atoms. The summed E-state index contributed by atoms with van der Waals surface area (Å²) in [7, 11) is 0. The number of carbonyl (C=O) groups excluding carboxylic acids is 1. The number of hydrogen-bond donors (Lipinski definition) is 3. The molecule has 1 aromatic rings. The highest BCUT2D eigenvalue weighted by atomic mass is 79.9. The van der Waals surface area contributed by atoms with Gasteiger partial charge in [0.1, 0.15) is 6.26 Å². The number of rotatable bonds is 4. The van der Waals surface area contributed by atoms with Gasteiger partial charge in [-0.3, -0.25) is 4.79 Å². The molecule has 0 fully saturated rings. The Morgan fingerprint density at radius 1 is 1.62 bits per heavy atom. The number of aliphatic carboxylic acids is 1. The van der Waals surface area contributed by atoms with E-state index in [-0.39, 0.29) is 12.1 Å². The van der Waals surface area contributed by atoms with Crippen LogP contribution in [0.25, 0.3) is 0 Å². The Balaban J connectivity index is 2.57. The fraction of sp³-hybridized carbons (Fsp3) is 0.333. The summed E-state index contributed by atoms with van der Waals surface area (Å²) in [5.41, 5.74) is -1.75. The van der Waals surface area contributed by atoms with Crippen molar-refractivity contribution in [1.29, 1.82) is 0 Å². The van der Waals surface area contributed by atoms with E-state index in [2.05, 4.69) is 21.2 Å². The maximum Gasteiger partial charge on any atom is 0.337 e. The van der Waals surface area contributed by atoms with Crippen LogP contribution < -0.4 is 5.32 Å². The van der Waals surface area contributed by atoms with Gasteiger partial charge in [0.05, 0.1) is 12.1 Å². The van der Waals surface area contributed by atoms with E-state index in [1.54, 1.807) is 0 Å². The van der Waals surface area contributed by atoms with Crippen molar-refractivity contribution >= 4 is 27.8 Å². The molecule has 0 aromatic carbocycles. The first kappa shape index (κ1) is 12.7. The number of carboxylic acid groups (broad SMARTS) is 1. The zero-order valence-corrected chi connectivity index (χ0v) is 9.94. The second-order valence-corrected chi connectivity index (χ2v) is 4.18. The van der Waals surface area contributed by atoms with Crippen LogP contribution >= 0.6 is 15.9 Å². The zero-order chi connectivity index (χ0) is 12.3. The monoisotopic (exact) mass is 291 g/mol. The van der Waals surface area contributed by atoms with Gasteiger partial charge in [-0.1, -0.05) is 0 Å². The van der Waals surface area contributed by atoms with Crippen LogP contribution in [0.2, 0.25) is 0 Å². The third-order valence-electron chi connectivity index (χ3n) is 1.88. The molecule has 88 valence electrons. The molecule has 1 amide bonds. The lowest BCUT2D eigenvalue weighted by Gasteiger charge is -2.17. The Labute approximate surface area is 99.4 Å². The maximum absolute atomic E-state index is 11.4. The number of amides is 1. The van der Waals surface area contributed by atoms with Gasteiger partial charge in [-0.05, 0) is 22.9 Å². The second-order valence-electron chi connectivity index (χ2n) is 3.40. The predicted molar refractivity (Wildman–Crippen MR) is 57.0 cm³/mol. The minimum absolute atomic E-state index is 0.244. The highest BCUT2D eigenvalue weighted by molar-refractivity contribution is 9.10. The van der Waals surface area contributed by atoms with E-state index in [0.29, 0.717) is 4.67 Å². The van der Waals surface area contributed by atoms with E-state index in [9.17, 15) is 14.7 Å². The molecule has 3 N–H and O–H groups in total. The molecule has 1 atom stereocenters. The van der Waals surface area contributed by atoms with Crippen molar-refractivity contribution in [1.82, 2.24) is 5.32 Å². The zero-order valence-electron chi connectivity index (χ0n) is 8.36. The van der Waals surface area contributed by atoms with E-state index < -0.39 is 17.5 Å². The fourth-order valence-electron chi connectivity index (χ4n) is 0.859. The van der Waals surface area contributed by atoms with Crippen LogP contribution in [0, 0.1) is 0 Å². The third-order valence-corrected chi connectivity index (χ3v) is 2.30. The summed E-state index contributed by atoms with van der Waals surface area (Å²) in [6.07, 6.45) is 1.22. The molecule has 0 aliphatic carbocycles. The molecule has 0 saturated heterocycles. The van der Waals surface area contributed by atoms with Crippen LogP contribution in [0.15, 0.2) is 21.4 Å². The van der Waals surface area contributed by atoms with E-state index >= 15 is 0 Å². The molecule has 0 aliphatic heterocycles. The molecule has 1 heterocycles. The van der Waals surface area contributed by atoms with Gasteiger partial charge in [-0.25, -0.2) is 4.79 Å². The van der Waals surface area contributed by atoms with Gasteiger partial charge in [0.25, 0.3) is 5.91 Å². The number of aliphatic hydroxyl groups is 1. The van der Waals surface area contributed by atoms with Gasteiger partial charge in [-0.2, -0.15) is 0 Å². The summed E-state index contributed by atoms with van der Waals surface area (Å²) in [6, 6.07) is 1.44. The molecule has 0 saturated carbocycles. The summed E-state index contributed by atoms with van der Waals surface area (Å²) in [5.74, 6) is -1.92. The summed E-state index contributed by atoms with van der Waals surface area (Å²) < 4.78 is 5.23. The van der Waals surface area contributed by atoms with Crippen LogP contribution in [0.4, 0.5) is 0 Å². The molecule has 0 bridgehead atoms.